The lowest BCUT2D eigenvalue weighted by Crippen LogP contribution is -2.25. The molecule has 6 nitrogen and oxygen atoms in total. The molecule has 0 aliphatic heterocycles. The number of hydrogen-bond acceptors (Lipinski definition) is 5. The molecule has 0 amide bonds. The number of aryl methyl sites for hydroxylation is 1. The average Bonchev–Trinajstić information content (AvgIpc) is 2.61. The molecule has 0 saturated heterocycles. The Hall–Kier alpha value is -2.51. The number of hydrogen-bond donors (Lipinski definition) is 0. The second-order valence-electron chi connectivity index (χ2n) is 6.09. The second-order valence-corrected chi connectivity index (χ2v) is 8.24. The van der Waals surface area contributed by atoms with E-state index in [2.05, 4.69) is 0 Å². The normalized spacial score (nSPS) is 12.7. The molecule has 1 atom stereocenters. The van der Waals surface area contributed by atoms with Crippen molar-refractivity contribution in [2.24, 2.45) is 0 Å². The summed E-state index contributed by atoms with van der Waals surface area (Å²) in [6, 6.07) is 12.5. The molecule has 2 rings (SSSR count). The Bertz CT molecular complexity index is 917. The minimum atomic E-state index is -3.67. The van der Waals surface area contributed by atoms with Crippen molar-refractivity contribution in [3.05, 3.63) is 65.2 Å². The van der Waals surface area contributed by atoms with E-state index in [0.717, 1.165) is 9.87 Å². The van der Waals surface area contributed by atoms with Gasteiger partial charge >= 0.3 is 5.97 Å². The van der Waals surface area contributed by atoms with Gasteiger partial charge in [0.25, 0.3) is 0 Å². The number of ether oxygens (including phenoxy) is 1. The van der Waals surface area contributed by atoms with Gasteiger partial charge in [0.15, 0.2) is 6.10 Å². The Kier molecular flexibility index (Phi) is 5.94. The van der Waals surface area contributed by atoms with Crippen molar-refractivity contribution in [3.8, 4) is 0 Å². The lowest BCUT2D eigenvalue weighted by molar-refractivity contribution is 0.0318. The van der Waals surface area contributed by atoms with Crippen LogP contribution in [0.4, 0.5) is 0 Å². The maximum atomic E-state index is 12.4. The highest BCUT2D eigenvalue weighted by atomic mass is 32.2. The van der Waals surface area contributed by atoms with Gasteiger partial charge in [-0.2, -0.15) is 0 Å². The van der Waals surface area contributed by atoms with E-state index >= 15 is 0 Å². The van der Waals surface area contributed by atoms with Gasteiger partial charge in [-0.05, 0) is 32.0 Å². The third-order valence-corrected chi connectivity index (χ3v) is 5.65. The summed E-state index contributed by atoms with van der Waals surface area (Å²) >= 11 is 0. The van der Waals surface area contributed by atoms with Crippen LogP contribution in [0.25, 0.3) is 0 Å². The number of carbonyl (C=O) groups excluding carboxylic acids is 2. The number of ketones is 1. The minimum absolute atomic E-state index is 0.0190. The maximum absolute atomic E-state index is 12.4. The summed E-state index contributed by atoms with van der Waals surface area (Å²) in [6.07, 6.45) is -0.987. The van der Waals surface area contributed by atoms with E-state index in [1.807, 2.05) is 6.92 Å². The monoisotopic (exact) mass is 375 g/mol. The fourth-order valence-corrected chi connectivity index (χ4v) is 3.18. The lowest BCUT2D eigenvalue weighted by atomic mass is 10.1. The zero-order valence-corrected chi connectivity index (χ0v) is 15.9. The van der Waals surface area contributed by atoms with Crippen LogP contribution in [0.15, 0.2) is 53.4 Å². The molecular formula is C19H21NO5S. The summed E-state index contributed by atoms with van der Waals surface area (Å²) in [4.78, 5) is 24.7. The molecule has 0 fully saturated rings. The predicted molar refractivity (Wildman–Crippen MR) is 97.7 cm³/mol. The van der Waals surface area contributed by atoms with Gasteiger partial charge in [0.1, 0.15) is 0 Å². The number of carbonyl (C=O) groups is 2. The Morgan fingerprint density at radius 2 is 1.62 bits per heavy atom. The van der Waals surface area contributed by atoms with Gasteiger partial charge in [0.2, 0.25) is 15.8 Å². The fraction of sp³-hybridized carbons (Fsp3) is 0.263. The summed E-state index contributed by atoms with van der Waals surface area (Å²) in [5.74, 6) is -1.08. The van der Waals surface area contributed by atoms with Crippen molar-refractivity contribution in [1.29, 1.82) is 0 Å². The number of nitrogens with zero attached hydrogens (tertiary/aromatic N) is 1. The van der Waals surface area contributed by atoms with Crippen molar-refractivity contribution < 1.29 is 22.7 Å². The Labute approximate surface area is 153 Å². The molecule has 0 saturated carbocycles. The lowest BCUT2D eigenvalue weighted by Gasteiger charge is -2.14. The average molecular weight is 375 g/mol. The number of sulfonamides is 1. The molecule has 0 heterocycles. The van der Waals surface area contributed by atoms with Crippen LogP contribution in [0.5, 0.6) is 0 Å². The van der Waals surface area contributed by atoms with Crippen LogP contribution < -0.4 is 0 Å². The standard InChI is InChI=1S/C19H21NO5S/c1-13-8-10-15(11-9-13)18(21)14(2)25-19(22)16-6-5-7-17(12-16)26(23,24)20(3)4/h5-12,14H,1-4H3/t14-/m1/s1. The Morgan fingerprint density at radius 1 is 1.00 bits per heavy atom. The molecule has 0 radical (unpaired) electrons. The Balaban J connectivity index is 2.17. The van der Waals surface area contributed by atoms with Crippen molar-refractivity contribution in [2.75, 3.05) is 14.1 Å². The minimum Gasteiger partial charge on any atom is -0.451 e. The zero-order valence-electron chi connectivity index (χ0n) is 15.1. The molecule has 138 valence electrons. The first-order chi connectivity index (χ1) is 12.1. The molecule has 0 N–H and O–H groups in total. The highest BCUT2D eigenvalue weighted by Crippen LogP contribution is 2.17. The van der Waals surface area contributed by atoms with Crippen LogP contribution >= 0.6 is 0 Å². The molecule has 0 unspecified atom stereocenters. The van der Waals surface area contributed by atoms with Crippen molar-refractivity contribution in [2.45, 2.75) is 24.8 Å². The third-order valence-electron chi connectivity index (χ3n) is 3.84. The van der Waals surface area contributed by atoms with Gasteiger partial charge < -0.3 is 4.74 Å². The number of esters is 1. The molecule has 26 heavy (non-hydrogen) atoms. The number of benzene rings is 2. The van der Waals surface area contributed by atoms with E-state index in [1.54, 1.807) is 24.3 Å². The molecule has 0 spiro atoms. The van der Waals surface area contributed by atoms with Gasteiger partial charge in [-0.15, -0.1) is 0 Å². The molecule has 0 aliphatic rings. The zero-order chi connectivity index (χ0) is 19.5. The quantitative estimate of drug-likeness (QED) is 0.573. The van der Waals surface area contributed by atoms with Crippen LogP contribution in [0.2, 0.25) is 0 Å². The van der Waals surface area contributed by atoms with Crippen molar-refractivity contribution in [3.63, 3.8) is 0 Å². The Morgan fingerprint density at radius 3 is 2.19 bits per heavy atom. The summed E-state index contributed by atoms with van der Waals surface area (Å²) < 4.78 is 30.6. The highest BCUT2D eigenvalue weighted by Gasteiger charge is 2.22. The van der Waals surface area contributed by atoms with Crippen molar-refractivity contribution >= 4 is 21.8 Å². The summed E-state index contributed by atoms with van der Waals surface area (Å²) in [6.45, 7) is 3.40. The van der Waals surface area contributed by atoms with Gasteiger partial charge in [-0.1, -0.05) is 35.9 Å². The molecule has 2 aromatic rings. The topological polar surface area (TPSA) is 80.8 Å². The summed E-state index contributed by atoms with van der Waals surface area (Å²) in [7, 11) is -0.855. The molecule has 0 aromatic heterocycles. The maximum Gasteiger partial charge on any atom is 0.338 e. The first kappa shape index (κ1) is 19.8. The smallest absolute Gasteiger partial charge is 0.338 e. The van der Waals surface area contributed by atoms with Crippen LogP contribution in [-0.2, 0) is 14.8 Å². The fourth-order valence-electron chi connectivity index (χ4n) is 2.23. The number of Topliss-reactive ketones (excluding diaryl/α,β-unsaturated/α-hetero) is 1. The first-order valence-corrected chi connectivity index (χ1v) is 9.41. The van der Waals surface area contributed by atoms with Gasteiger partial charge in [0.05, 0.1) is 10.5 Å². The van der Waals surface area contributed by atoms with E-state index in [-0.39, 0.29) is 16.2 Å². The van der Waals surface area contributed by atoms with E-state index in [4.69, 9.17) is 4.74 Å². The first-order valence-electron chi connectivity index (χ1n) is 7.97. The van der Waals surface area contributed by atoms with Gasteiger partial charge in [-0.25, -0.2) is 17.5 Å². The predicted octanol–water partition coefficient (Wildman–Crippen LogP) is 2.67. The van der Waals surface area contributed by atoms with E-state index in [0.29, 0.717) is 5.56 Å². The molecule has 2 aromatic carbocycles. The van der Waals surface area contributed by atoms with Crippen molar-refractivity contribution in [1.82, 2.24) is 4.31 Å². The molecule has 0 bridgehead atoms. The van der Waals surface area contributed by atoms with Crippen LogP contribution in [0.1, 0.15) is 33.2 Å². The van der Waals surface area contributed by atoms with Gasteiger partial charge in [0, 0.05) is 19.7 Å². The molecule has 0 aliphatic carbocycles. The summed E-state index contributed by atoms with van der Waals surface area (Å²) in [5.41, 5.74) is 1.53. The van der Waals surface area contributed by atoms with E-state index < -0.39 is 22.1 Å². The highest BCUT2D eigenvalue weighted by molar-refractivity contribution is 7.89. The molecule has 7 heteroatoms. The van der Waals surface area contributed by atoms with E-state index in [9.17, 15) is 18.0 Å². The third kappa shape index (κ3) is 4.36. The van der Waals surface area contributed by atoms with Crippen LogP contribution in [0.3, 0.4) is 0 Å². The second kappa shape index (κ2) is 7.80. The SMILES string of the molecule is Cc1ccc(C(=O)[C@@H](C)OC(=O)c2cccc(S(=O)(=O)N(C)C)c2)cc1. The van der Waals surface area contributed by atoms with Crippen LogP contribution in [-0.4, -0.2) is 44.7 Å². The largest absolute Gasteiger partial charge is 0.451 e. The summed E-state index contributed by atoms with van der Waals surface area (Å²) in [5, 5.41) is 0. The van der Waals surface area contributed by atoms with E-state index in [1.165, 1.54) is 45.3 Å². The molecular weight excluding hydrogens is 354 g/mol. The number of rotatable bonds is 6. The van der Waals surface area contributed by atoms with Crippen LogP contribution in [0, 0.1) is 6.92 Å². The van der Waals surface area contributed by atoms with Gasteiger partial charge in [-0.3, -0.25) is 4.79 Å².